The van der Waals surface area contributed by atoms with Gasteiger partial charge in [-0.1, -0.05) is 20.8 Å². The van der Waals surface area contributed by atoms with E-state index in [1.807, 2.05) is 20.8 Å². The Kier molecular flexibility index (Phi) is 5.49. The molecule has 0 aromatic heterocycles. The molecule has 5 nitrogen and oxygen atoms in total. The van der Waals surface area contributed by atoms with Crippen molar-refractivity contribution in [2.75, 3.05) is 13.7 Å². The highest BCUT2D eigenvalue weighted by molar-refractivity contribution is 5.97. The van der Waals surface area contributed by atoms with Gasteiger partial charge in [-0.2, -0.15) is 0 Å². The first kappa shape index (κ1) is 17.2. The summed E-state index contributed by atoms with van der Waals surface area (Å²) in [5.74, 6) is -1.34. The van der Waals surface area contributed by atoms with Crippen molar-refractivity contribution in [3.05, 3.63) is 34.9 Å². The van der Waals surface area contributed by atoms with Crippen LogP contribution < -0.4 is 5.32 Å². The second-order valence-corrected chi connectivity index (χ2v) is 6.19. The van der Waals surface area contributed by atoms with Crippen LogP contribution in [-0.2, 0) is 4.74 Å². The van der Waals surface area contributed by atoms with Gasteiger partial charge in [-0.25, -0.2) is 4.79 Å². The number of amides is 1. The predicted octanol–water partition coefficient (Wildman–Crippen LogP) is 2.48. The lowest BCUT2D eigenvalue weighted by Gasteiger charge is -2.29. The van der Waals surface area contributed by atoms with E-state index in [0.717, 1.165) is 5.56 Å². The lowest BCUT2D eigenvalue weighted by molar-refractivity contribution is 0.0176. The van der Waals surface area contributed by atoms with Gasteiger partial charge in [0.1, 0.15) is 0 Å². The number of methoxy groups -OCH3 is 1. The Hall–Kier alpha value is -1.88. The lowest BCUT2D eigenvalue weighted by Crippen LogP contribution is -2.40. The molecule has 1 rings (SSSR count). The molecule has 0 aliphatic heterocycles. The van der Waals surface area contributed by atoms with Gasteiger partial charge in [0.2, 0.25) is 0 Å². The van der Waals surface area contributed by atoms with Crippen molar-refractivity contribution in [2.24, 2.45) is 5.41 Å². The Morgan fingerprint density at radius 3 is 2.29 bits per heavy atom. The molecule has 1 aromatic rings. The number of carboxylic acid groups (broad SMARTS) is 1. The Morgan fingerprint density at radius 2 is 1.81 bits per heavy atom. The maximum absolute atomic E-state index is 12.2. The SMILES string of the molecule is COC(CNC(=O)c1cc(C)cc(C(=O)O)c1)C(C)(C)C. The van der Waals surface area contributed by atoms with Gasteiger partial charge in [0, 0.05) is 19.2 Å². The highest BCUT2D eigenvalue weighted by atomic mass is 16.5. The van der Waals surface area contributed by atoms with Crippen molar-refractivity contribution in [3.63, 3.8) is 0 Å². The summed E-state index contributed by atoms with van der Waals surface area (Å²) in [7, 11) is 1.61. The molecule has 0 fully saturated rings. The topological polar surface area (TPSA) is 75.6 Å². The molecular formula is C16H23NO4. The molecule has 2 N–H and O–H groups in total. The largest absolute Gasteiger partial charge is 0.478 e. The molecule has 1 unspecified atom stereocenters. The Balaban J connectivity index is 2.83. The molecule has 0 aliphatic rings. The smallest absolute Gasteiger partial charge is 0.335 e. The van der Waals surface area contributed by atoms with Gasteiger partial charge in [-0.05, 0) is 36.1 Å². The first-order valence-corrected chi connectivity index (χ1v) is 6.81. The zero-order chi connectivity index (χ0) is 16.2. The number of hydrogen-bond donors (Lipinski definition) is 2. The van der Waals surface area contributed by atoms with Crippen LogP contribution in [-0.4, -0.2) is 36.7 Å². The zero-order valence-electron chi connectivity index (χ0n) is 13.2. The third-order valence-corrected chi connectivity index (χ3v) is 3.28. The number of carbonyl (C=O) groups is 2. The van der Waals surface area contributed by atoms with Crippen molar-refractivity contribution < 1.29 is 19.4 Å². The van der Waals surface area contributed by atoms with Crippen LogP contribution in [0.3, 0.4) is 0 Å². The maximum Gasteiger partial charge on any atom is 0.335 e. The first-order chi connectivity index (χ1) is 9.65. The van der Waals surface area contributed by atoms with Gasteiger partial charge in [0.05, 0.1) is 11.7 Å². The highest BCUT2D eigenvalue weighted by Crippen LogP contribution is 2.21. The summed E-state index contributed by atoms with van der Waals surface area (Å²) in [6.45, 7) is 8.22. The Bertz CT molecular complexity index is 532. The van der Waals surface area contributed by atoms with Crippen LogP contribution in [0, 0.1) is 12.3 Å². The van der Waals surface area contributed by atoms with E-state index in [-0.39, 0.29) is 23.0 Å². The van der Waals surface area contributed by atoms with E-state index in [9.17, 15) is 9.59 Å². The minimum atomic E-state index is -1.04. The summed E-state index contributed by atoms with van der Waals surface area (Å²) >= 11 is 0. The zero-order valence-corrected chi connectivity index (χ0v) is 13.2. The third kappa shape index (κ3) is 4.86. The van der Waals surface area contributed by atoms with E-state index < -0.39 is 5.97 Å². The molecule has 116 valence electrons. The predicted molar refractivity (Wildman–Crippen MR) is 80.7 cm³/mol. The molecule has 0 saturated carbocycles. The first-order valence-electron chi connectivity index (χ1n) is 6.81. The monoisotopic (exact) mass is 293 g/mol. The fourth-order valence-electron chi connectivity index (χ4n) is 2.07. The van der Waals surface area contributed by atoms with Crippen molar-refractivity contribution in [1.29, 1.82) is 0 Å². The molecular weight excluding hydrogens is 270 g/mol. The molecule has 0 bridgehead atoms. The number of carbonyl (C=O) groups excluding carboxylic acids is 1. The fraction of sp³-hybridized carbons (Fsp3) is 0.500. The molecule has 1 aromatic carbocycles. The molecule has 0 heterocycles. The van der Waals surface area contributed by atoms with Crippen LogP contribution in [0.2, 0.25) is 0 Å². The van der Waals surface area contributed by atoms with Crippen LogP contribution >= 0.6 is 0 Å². The summed E-state index contributed by atoms with van der Waals surface area (Å²) in [4.78, 5) is 23.2. The van der Waals surface area contributed by atoms with Gasteiger partial charge in [-0.15, -0.1) is 0 Å². The van der Waals surface area contributed by atoms with Gasteiger partial charge >= 0.3 is 5.97 Å². The number of ether oxygens (including phenoxy) is 1. The number of aryl methyl sites for hydroxylation is 1. The van der Waals surface area contributed by atoms with Crippen LogP contribution in [0.1, 0.15) is 47.1 Å². The number of nitrogens with one attached hydrogen (secondary N) is 1. The van der Waals surface area contributed by atoms with E-state index in [0.29, 0.717) is 12.1 Å². The average Bonchev–Trinajstić information content (AvgIpc) is 2.36. The Morgan fingerprint density at radius 1 is 1.24 bits per heavy atom. The number of rotatable bonds is 5. The van der Waals surface area contributed by atoms with Crippen LogP contribution in [0.25, 0.3) is 0 Å². The van der Waals surface area contributed by atoms with E-state index >= 15 is 0 Å². The van der Waals surface area contributed by atoms with Gasteiger partial charge < -0.3 is 15.2 Å². The second kappa shape index (κ2) is 6.72. The van der Waals surface area contributed by atoms with Crippen molar-refractivity contribution in [1.82, 2.24) is 5.32 Å². The molecule has 0 radical (unpaired) electrons. The number of benzene rings is 1. The number of carboxylic acids is 1. The third-order valence-electron chi connectivity index (χ3n) is 3.28. The summed E-state index contributed by atoms with van der Waals surface area (Å²) < 4.78 is 5.38. The summed E-state index contributed by atoms with van der Waals surface area (Å²) in [5, 5.41) is 11.8. The minimum Gasteiger partial charge on any atom is -0.478 e. The highest BCUT2D eigenvalue weighted by Gasteiger charge is 2.25. The fourth-order valence-corrected chi connectivity index (χ4v) is 2.07. The van der Waals surface area contributed by atoms with Gasteiger partial charge in [0.25, 0.3) is 5.91 Å². The summed E-state index contributed by atoms with van der Waals surface area (Å²) in [6.07, 6.45) is -0.120. The van der Waals surface area contributed by atoms with Crippen LogP contribution in [0.4, 0.5) is 0 Å². The molecule has 1 amide bonds. The van der Waals surface area contributed by atoms with Crippen LogP contribution in [0.15, 0.2) is 18.2 Å². The quantitative estimate of drug-likeness (QED) is 0.874. The van der Waals surface area contributed by atoms with E-state index in [1.54, 1.807) is 20.1 Å². The van der Waals surface area contributed by atoms with Crippen molar-refractivity contribution in [3.8, 4) is 0 Å². The summed E-state index contributed by atoms with van der Waals surface area (Å²) in [5.41, 5.74) is 1.09. The maximum atomic E-state index is 12.2. The molecule has 5 heteroatoms. The summed E-state index contributed by atoms with van der Waals surface area (Å²) in [6, 6.07) is 4.58. The standard InChI is InChI=1S/C16H23NO4/c1-10-6-11(8-12(7-10)15(19)20)14(18)17-9-13(21-5)16(2,3)4/h6-8,13H,9H2,1-5H3,(H,17,18)(H,19,20). The van der Waals surface area contributed by atoms with E-state index in [2.05, 4.69) is 5.32 Å². The van der Waals surface area contributed by atoms with Crippen molar-refractivity contribution >= 4 is 11.9 Å². The number of aromatic carboxylic acids is 1. The lowest BCUT2D eigenvalue weighted by atomic mass is 9.89. The molecule has 0 saturated heterocycles. The van der Waals surface area contributed by atoms with Crippen molar-refractivity contribution in [2.45, 2.75) is 33.8 Å². The Labute approximate surface area is 125 Å². The van der Waals surface area contributed by atoms with Crippen LogP contribution in [0.5, 0.6) is 0 Å². The van der Waals surface area contributed by atoms with Gasteiger partial charge in [-0.3, -0.25) is 4.79 Å². The van der Waals surface area contributed by atoms with Gasteiger partial charge in [0.15, 0.2) is 0 Å². The average molecular weight is 293 g/mol. The van der Waals surface area contributed by atoms with E-state index in [1.165, 1.54) is 12.1 Å². The second-order valence-electron chi connectivity index (χ2n) is 6.19. The van der Waals surface area contributed by atoms with E-state index in [4.69, 9.17) is 9.84 Å². The normalized spacial score (nSPS) is 12.8. The molecule has 0 spiro atoms. The minimum absolute atomic E-state index is 0.0964. The molecule has 21 heavy (non-hydrogen) atoms. The molecule has 1 atom stereocenters. The number of hydrogen-bond acceptors (Lipinski definition) is 3. The molecule has 0 aliphatic carbocycles.